The van der Waals surface area contributed by atoms with Crippen LogP contribution in [-0.4, -0.2) is 24.7 Å². The van der Waals surface area contributed by atoms with Gasteiger partial charge < -0.3 is 4.74 Å². The van der Waals surface area contributed by atoms with Crippen LogP contribution in [0.5, 0.6) is 5.75 Å². The van der Waals surface area contributed by atoms with E-state index in [0.29, 0.717) is 17.0 Å². The highest BCUT2D eigenvalue weighted by Crippen LogP contribution is 2.23. The summed E-state index contributed by atoms with van der Waals surface area (Å²) in [5, 5.41) is 8.15. The second-order valence-electron chi connectivity index (χ2n) is 5.76. The number of carbonyl (C=O) groups is 2. The number of hydrogen-bond acceptors (Lipinski definition) is 5. The number of benzene rings is 3. The SMILES string of the molecule is COc1ccc(C(=O)/C(C)=N\OC(=O)Nc2cccc3ccccc23)cc1. The standard InChI is InChI=1S/C21H18N2O4/c1-14(20(24)16-10-12-17(26-2)13-11-16)23-27-21(25)22-19-9-5-7-15-6-3-4-8-18(15)19/h3-13H,1-2H3,(H,22,25)/b23-14-. The number of fused-ring (bicyclic) bond motifs is 1. The summed E-state index contributed by atoms with van der Waals surface area (Å²) in [4.78, 5) is 29.2. The molecule has 6 nitrogen and oxygen atoms in total. The van der Waals surface area contributed by atoms with Crippen LogP contribution < -0.4 is 10.1 Å². The van der Waals surface area contributed by atoms with Crippen LogP contribution in [0.25, 0.3) is 10.8 Å². The summed E-state index contributed by atoms with van der Waals surface area (Å²) in [6.07, 6.45) is -0.770. The lowest BCUT2D eigenvalue weighted by molar-refractivity contribution is 0.105. The van der Waals surface area contributed by atoms with E-state index in [4.69, 9.17) is 9.57 Å². The predicted molar refractivity (Wildman–Crippen MR) is 104 cm³/mol. The monoisotopic (exact) mass is 362 g/mol. The summed E-state index contributed by atoms with van der Waals surface area (Å²) in [5.74, 6) is 0.308. The third-order valence-corrected chi connectivity index (χ3v) is 3.97. The number of carbonyl (C=O) groups excluding carboxylic acids is 2. The number of anilines is 1. The van der Waals surface area contributed by atoms with Crippen molar-refractivity contribution in [3.8, 4) is 5.75 Å². The van der Waals surface area contributed by atoms with Crippen molar-refractivity contribution in [1.29, 1.82) is 0 Å². The first-order valence-corrected chi connectivity index (χ1v) is 8.27. The van der Waals surface area contributed by atoms with Gasteiger partial charge in [-0.25, -0.2) is 4.79 Å². The van der Waals surface area contributed by atoms with Gasteiger partial charge in [0.05, 0.1) is 12.8 Å². The van der Waals surface area contributed by atoms with Crippen LogP contribution in [0.3, 0.4) is 0 Å². The molecule has 0 radical (unpaired) electrons. The largest absolute Gasteiger partial charge is 0.497 e. The quantitative estimate of drug-likeness (QED) is 0.310. The van der Waals surface area contributed by atoms with Crippen molar-refractivity contribution in [1.82, 2.24) is 0 Å². The normalized spacial score (nSPS) is 11.1. The number of ketones is 1. The number of methoxy groups -OCH3 is 1. The van der Waals surface area contributed by atoms with Crippen molar-refractivity contribution in [3.63, 3.8) is 0 Å². The first kappa shape index (κ1) is 18.1. The zero-order valence-electron chi connectivity index (χ0n) is 14.9. The summed E-state index contributed by atoms with van der Waals surface area (Å²) in [6, 6.07) is 19.8. The van der Waals surface area contributed by atoms with Gasteiger partial charge in [0.1, 0.15) is 11.5 Å². The van der Waals surface area contributed by atoms with Crippen LogP contribution in [0.2, 0.25) is 0 Å². The molecule has 0 aliphatic carbocycles. The molecule has 0 atom stereocenters. The maximum Gasteiger partial charge on any atom is 0.437 e. The molecule has 0 unspecified atom stereocenters. The molecule has 3 aromatic carbocycles. The van der Waals surface area contributed by atoms with Crippen LogP contribution in [0.4, 0.5) is 10.5 Å². The molecule has 1 amide bonds. The number of nitrogens with one attached hydrogen (secondary N) is 1. The Morgan fingerprint density at radius 3 is 2.37 bits per heavy atom. The van der Waals surface area contributed by atoms with Gasteiger partial charge in [-0.15, -0.1) is 0 Å². The third kappa shape index (κ3) is 4.30. The molecule has 0 heterocycles. The van der Waals surface area contributed by atoms with Crippen molar-refractivity contribution >= 4 is 34.0 Å². The summed E-state index contributed by atoms with van der Waals surface area (Å²) in [7, 11) is 1.55. The molecule has 3 aromatic rings. The maximum atomic E-state index is 12.3. The molecule has 0 aromatic heterocycles. The van der Waals surface area contributed by atoms with E-state index in [1.165, 1.54) is 6.92 Å². The van der Waals surface area contributed by atoms with E-state index in [2.05, 4.69) is 10.5 Å². The van der Waals surface area contributed by atoms with Gasteiger partial charge >= 0.3 is 6.09 Å². The number of hydrogen-bond donors (Lipinski definition) is 1. The molecule has 3 rings (SSSR count). The number of amides is 1. The van der Waals surface area contributed by atoms with Gasteiger partial charge in [-0.2, -0.15) is 0 Å². The fourth-order valence-electron chi connectivity index (χ4n) is 2.57. The second-order valence-corrected chi connectivity index (χ2v) is 5.76. The van der Waals surface area contributed by atoms with Gasteiger partial charge in [-0.05, 0) is 42.6 Å². The van der Waals surface area contributed by atoms with Gasteiger partial charge in [-0.1, -0.05) is 41.6 Å². The Bertz CT molecular complexity index is 1000. The minimum absolute atomic E-state index is 0.0632. The fourth-order valence-corrected chi connectivity index (χ4v) is 2.57. The molecular weight excluding hydrogens is 344 g/mol. The first-order valence-electron chi connectivity index (χ1n) is 8.27. The average Bonchev–Trinajstić information content (AvgIpc) is 2.72. The van der Waals surface area contributed by atoms with Crippen molar-refractivity contribution in [2.75, 3.05) is 12.4 Å². The van der Waals surface area contributed by atoms with Crippen molar-refractivity contribution in [3.05, 3.63) is 72.3 Å². The molecule has 136 valence electrons. The summed E-state index contributed by atoms with van der Waals surface area (Å²) < 4.78 is 5.06. The lowest BCUT2D eigenvalue weighted by Gasteiger charge is -2.07. The van der Waals surface area contributed by atoms with E-state index < -0.39 is 6.09 Å². The Kier molecular flexibility index (Phi) is 5.47. The molecule has 0 fully saturated rings. The van der Waals surface area contributed by atoms with Crippen LogP contribution in [0, 0.1) is 0 Å². The Balaban J connectivity index is 1.67. The topological polar surface area (TPSA) is 77.0 Å². The number of oxime groups is 1. The van der Waals surface area contributed by atoms with E-state index in [1.54, 1.807) is 37.4 Å². The second kappa shape index (κ2) is 8.14. The highest BCUT2D eigenvalue weighted by Gasteiger charge is 2.12. The van der Waals surface area contributed by atoms with Gasteiger partial charge in [0, 0.05) is 10.9 Å². The highest BCUT2D eigenvalue weighted by atomic mass is 16.7. The minimum Gasteiger partial charge on any atom is -0.497 e. The van der Waals surface area contributed by atoms with Crippen molar-refractivity contribution in [2.45, 2.75) is 6.92 Å². The Hall–Kier alpha value is -3.67. The zero-order valence-corrected chi connectivity index (χ0v) is 14.9. The molecule has 0 saturated heterocycles. The number of ether oxygens (including phenoxy) is 1. The Morgan fingerprint density at radius 1 is 0.926 bits per heavy atom. The molecule has 0 aliphatic rings. The molecule has 6 heteroatoms. The zero-order chi connectivity index (χ0) is 19.2. The van der Waals surface area contributed by atoms with E-state index >= 15 is 0 Å². The molecule has 0 saturated carbocycles. The fraction of sp³-hybridized carbons (Fsp3) is 0.0952. The minimum atomic E-state index is -0.770. The van der Waals surface area contributed by atoms with Crippen molar-refractivity contribution < 1.29 is 19.2 Å². The van der Waals surface area contributed by atoms with Crippen LogP contribution in [-0.2, 0) is 4.84 Å². The van der Waals surface area contributed by atoms with Gasteiger partial charge in [0.25, 0.3) is 0 Å². The molecule has 0 aliphatic heterocycles. The smallest absolute Gasteiger partial charge is 0.437 e. The molecular formula is C21H18N2O4. The Morgan fingerprint density at radius 2 is 1.63 bits per heavy atom. The molecule has 1 N–H and O–H groups in total. The van der Waals surface area contributed by atoms with E-state index in [0.717, 1.165) is 10.8 Å². The predicted octanol–water partition coefficient (Wildman–Crippen LogP) is 4.66. The van der Waals surface area contributed by atoms with E-state index in [9.17, 15) is 9.59 Å². The summed E-state index contributed by atoms with van der Waals surface area (Å²) >= 11 is 0. The van der Waals surface area contributed by atoms with Crippen LogP contribution >= 0.6 is 0 Å². The average molecular weight is 362 g/mol. The summed E-state index contributed by atoms with van der Waals surface area (Å²) in [5.41, 5.74) is 1.09. The number of Topliss-reactive ketones (excluding diaryl/α,β-unsaturated/α-hetero) is 1. The van der Waals surface area contributed by atoms with Gasteiger partial charge in [0.15, 0.2) is 0 Å². The highest BCUT2D eigenvalue weighted by molar-refractivity contribution is 6.45. The number of rotatable bonds is 5. The lowest BCUT2D eigenvalue weighted by atomic mass is 10.1. The van der Waals surface area contributed by atoms with Gasteiger partial charge in [0.2, 0.25) is 5.78 Å². The number of nitrogens with zero attached hydrogens (tertiary/aromatic N) is 1. The molecule has 0 bridgehead atoms. The van der Waals surface area contributed by atoms with E-state index in [1.807, 2.05) is 36.4 Å². The summed E-state index contributed by atoms with van der Waals surface area (Å²) in [6.45, 7) is 1.48. The first-order chi connectivity index (χ1) is 13.1. The third-order valence-electron chi connectivity index (χ3n) is 3.97. The van der Waals surface area contributed by atoms with Crippen LogP contribution in [0.15, 0.2) is 71.9 Å². The maximum absolute atomic E-state index is 12.3. The van der Waals surface area contributed by atoms with E-state index in [-0.39, 0.29) is 11.5 Å². The van der Waals surface area contributed by atoms with Crippen LogP contribution in [0.1, 0.15) is 17.3 Å². The molecule has 27 heavy (non-hydrogen) atoms. The van der Waals surface area contributed by atoms with Gasteiger partial charge in [-0.3, -0.25) is 14.9 Å². The van der Waals surface area contributed by atoms with Crippen molar-refractivity contribution in [2.24, 2.45) is 5.16 Å². The molecule has 0 spiro atoms. The Labute approximate surface area is 156 Å². The lowest BCUT2D eigenvalue weighted by Crippen LogP contribution is -2.15.